The Labute approximate surface area is 186 Å². The second-order valence-electron chi connectivity index (χ2n) is 7.51. The summed E-state index contributed by atoms with van der Waals surface area (Å²) in [5.41, 5.74) is 17.3. The Kier molecular flexibility index (Phi) is 5.87. The highest BCUT2D eigenvalue weighted by Crippen LogP contribution is 2.31. The molecule has 0 bridgehead atoms. The van der Waals surface area contributed by atoms with Gasteiger partial charge in [-0.05, 0) is 71.6 Å². The molecular formula is C26H23N3O3. The molecule has 32 heavy (non-hydrogen) atoms. The zero-order chi connectivity index (χ0) is 22.7. The number of nitrogens with two attached hydrogens (primary N) is 2. The van der Waals surface area contributed by atoms with Crippen molar-refractivity contribution in [3.63, 3.8) is 0 Å². The van der Waals surface area contributed by atoms with Crippen LogP contribution >= 0.6 is 0 Å². The van der Waals surface area contributed by atoms with Crippen molar-refractivity contribution in [3.05, 3.63) is 95.6 Å². The number of rotatable bonds is 6. The topological polar surface area (TPSA) is 111 Å². The van der Waals surface area contributed by atoms with Gasteiger partial charge in [-0.25, -0.2) is 9.78 Å². The summed E-state index contributed by atoms with van der Waals surface area (Å²) in [4.78, 5) is 16.2. The van der Waals surface area contributed by atoms with Gasteiger partial charge in [0, 0.05) is 23.9 Å². The molecule has 0 radical (unpaired) electrons. The van der Waals surface area contributed by atoms with Gasteiger partial charge < -0.3 is 21.3 Å². The number of aromatic nitrogens is 1. The van der Waals surface area contributed by atoms with Gasteiger partial charge in [0.25, 0.3) is 0 Å². The van der Waals surface area contributed by atoms with Crippen molar-refractivity contribution in [1.29, 1.82) is 0 Å². The minimum Gasteiger partial charge on any atom is -0.478 e. The fourth-order valence-electron chi connectivity index (χ4n) is 3.55. The molecule has 6 heteroatoms. The third-order valence-electron chi connectivity index (χ3n) is 5.04. The molecule has 160 valence electrons. The lowest BCUT2D eigenvalue weighted by atomic mass is 10.0. The van der Waals surface area contributed by atoms with Gasteiger partial charge in [-0.2, -0.15) is 0 Å². The first kappa shape index (κ1) is 21.1. The lowest BCUT2D eigenvalue weighted by Gasteiger charge is -2.12. The van der Waals surface area contributed by atoms with Crippen molar-refractivity contribution in [1.82, 2.24) is 4.98 Å². The van der Waals surface area contributed by atoms with Crippen LogP contribution in [0.1, 0.15) is 21.5 Å². The monoisotopic (exact) mass is 425 g/mol. The maximum absolute atomic E-state index is 11.6. The lowest BCUT2D eigenvalue weighted by Crippen LogP contribution is -2.02. The summed E-state index contributed by atoms with van der Waals surface area (Å²) < 4.78 is 6.06. The Bertz CT molecular complexity index is 1300. The Morgan fingerprint density at radius 1 is 0.969 bits per heavy atom. The average Bonchev–Trinajstić information content (AvgIpc) is 2.78. The first-order valence-corrected chi connectivity index (χ1v) is 10.1. The molecule has 0 aliphatic carbocycles. The third kappa shape index (κ3) is 4.61. The van der Waals surface area contributed by atoms with E-state index in [0.717, 1.165) is 22.3 Å². The van der Waals surface area contributed by atoms with E-state index in [2.05, 4.69) is 17.1 Å². The van der Waals surface area contributed by atoms with Crippen molar-refractivity contribution >= 4 is 11.7 Å². The quantitative estimate of drug-likeness (QED) is 0.364. The number of ether oxygens (including phenoxy) is 1. The van der Waals surface area contributed by atoms with Crippen molar-refractivity contribution in [2.24, 2.45) is 5.73 Å². The zero-order valence-corrected chi connectivity index (χ0v) is 17.6. The van der Waals surface area contributed by atoms with Gasteiger partial charge in [0.05, 0.1) is 11.3 Å². The number of hydrogen-bond donors (Lipinski definition) is 3. The summed E-state index contributed by atoms with van der Waals surface area (Å²) in [6.45, 7) is 2.47. The number of nitrogens with zero attached hydrogens (tertiary/aromatic N) is 1. The highest BCUT2D eigenvalue weighted by molar-refractivity contribution is 5.96. The van der Waals surface area contributed by atoms with Gasteiger partial charge in [0.15, 0.2) is 0 Å². The third-order valence-corrected chi connectivity index (χ3v) is 5.04. The van der Waals surface area contributed by atoms with Gasteiger partial charge in [0.1, 0.15) is 5.75 Å². The van der Waals surface area contributed by atoms with Crippen LogP contribution in [-0.2, 0) is 6.54 Å². The van der Waals surface area contributed by atoms with Gasteiger partial charge in [-0.3, -0.25) is 0 Å². The van der Waals surface area contributed by atoms with E-state index in [1.807, 2.05) is 37.3 Å². The predicted molar refractivity (Wildman–Crippen MR) is 126 cm³/mol. The molecule has 1 aromatic heterocycles. The minimum atomic E-state index is -1.05. The van der Waals surface area contributed by atoms with Crippen LogP contribution in [0.5, 0.6) is 11.6 Å². The second kappa shape index (κ2) is 8.91. The molecule has 0 saturated heterocycles. The fraction of sp³-hybridized carbons (Fsp3) is 0.0769. The molecule has 1 heterocycles. The smallest absolute Gasteiger partial charge is 0.336 e. The Hall–Kier alpha value is -4.16. The molecule has 0 spiro atoms. The maximum Gasteiger partial charge on any atom is 0.336 e. The fourth-order valence-corrected chi connectivity index (χ4v) is 3.55. The predicted octanol–water partition coefficient (Wildman–Crippen LogP) is 5.26. The van der Waals surface area contributed by atoms with Gasteiger partial charge in [0.2, 0.25) is 5.88 Å². The van der Waals surface area contributed by atoms with Crippen LogP contribution in [0.25, 0.3) is 22.4 Å². The van der Waals surface area contributed by atoms with E-state index in [4.69, 9.17) is 16.2 Å². The number of benzene rings is 3. The van der Waals surface area contributed by atoms with Crippen LogP contribution in [0.3, 0.4) is 0 Å². The maximum atomic E-state index is 11.6. The molecule has 4 aromatic rings. The molecule has 0 aliphatic heterocycles. The number of aryl methyl sites for hydroxylation is 1. The van der Waals surface area contributed by atoms with E-state index >= 15 is 0 Å². The van der Waals surface area contributed by atoms with Gasteiger partial charge >= 0.3 is 5.97 Å². The van der Waals surface area contributed by atoms with E-state index in [-0.39, 0.29) is 5.56 Å². The Balaban J connectivity index is 1.69. The standard InChI is InChI=1S/C26H23N3O3/c1-16-10-19(18-5-2-4-17(12-18)15-27)13-21(11-16)32-25-7-3-6-24(29-25)23-14-20(28)8-9-22(23)26(30)31/h2-14H,15,27-28H2,1H3,(H,30,31). The number of carbonyl (C=O) groups is 1. The van der Waals surface area contributed by atoms with E-state index in [9.17, 15) is 9.90 Å². The van der Waals surface area contributed by atoms with Crippen LogP contribution < -0.4 is 16.2 Å². The number of hydrogen-bond acceptors (Lipinski definition) is 5. The molecule has 0 aliphatic rings. The lowest BCUT2D eigenvalue weighted by molar-refractivity contribution is 0.0697. The molecule has 0 fully saturated rings. The number of aromatic carboxylic acids is 1. The largest absolute Gasteiger partial charge is 0.478 e. The number of carboxylic acid groups (broad SMARTS) is 1. The van der Waals surface area contributed by atoms with Crippen LogP contribution in [0.15, 0.2) is 78.9 Å². The Morgan fingerprint density at radius 3 is 2.56 bits per heavy atom. The van der Waals surface area contributed by atoms with Crippen molar-refractivity contribution < 1.29 is 14.6 Å². The molecular weight excluding hydrogens is 402 g/mol. The van der Waals surface area contributed by atoms with Crippen LogP contribution in [0.2, 0.25) is 0 Å². The number of nitrogen functional groups attached to an aromatic ring is 1. The second-order valence-corrected chi connectivity index (χ2v) is 7.51. The molecule has 3 aromatic carbocycles. The normalized spacial score (nSPS) is 10.7. The number of pyridine rings is 1. The summed E-state index contributed by atoms with van der Waals surface area (Å²) in [6.07, 6.45) is 0. The minimum absolute atomic E-state index is 0.126. The van der Waals surface area contributed by atoms with Crippen molar-refractivity contribution in [2.75, 3.05) is 5.73 Å². The van der Waals surface area contributed by atoms with E-state index in [1.54, 1.807) is 30.3 Å². The summed E-state index contributed by atoms with van der Waals surface area (Å²) in [5.74, 6) is -0.0569. The highest BCUT2D eigenvalue weighted by atomic mass is 16.5. The summed E-state index contributed by atoms with van der Waals surface area (Å²) in [5, 5.41) is 9.52. The van der Waals surface area contributed by atoms with Gasteiger partial charge in [-0.1, -0.05) is 30.3 Å². The van der Waals surface area contributed by atoms with Crippen LogP contribution in [-0.4, -0.2) is 16.1 Å². The van der Waals surface area contributed by atoms with Crippen molar-refractivity contribution in [3.8, 4) is 34.0 Å². The van der Waals surface area contributed by atoms with E-state index in [1.165, 1.54) is 6.07 Å². The molecule has 4 rings (SSSR count). The summed E-state index contributed by atoms with van der Waals surface area (Å²) in [6, 6.07) is 23.9. The average molecular weight is 425 g/mol. The molecule has 6 nitrogen and oxygen atoms in total. The number of anilines is 1. The van der Waals surface area contributed by atoms with E-state index < -0.39 is 5.97 Å². The zero-order valence-electron chi connectivity index (χ0n) is 17.6. The highest BCUT2D eigenvalue weighted by Gasteiger charge is 2.14. The first-order chi connectivity index (χ1) is 15.4. The van der Waals surface area contributed by atoms with Gasteiger partial charge in [-0.15, -0.1) is 0 Å². The van der Waals surface area contributed by atoms with E-state index in [0.29, 0.717) is 35.1 Å². The van der Waals surface area contributed by atoms with Crippen molar-refractivity contribution in [2.45, 2.75) is 13.5 Å². The molecule has 0 atom stereocenters. The van der Waals surface area contributed by atoms with Crippen LogP contribution in [0.4, 0.5) is 5.69 Å². The number of carboxylic acids is 1. The molecule has 0 amide bonds. The summed E-state index contributed by atoms with van der Waals surface area (Å²) >= 11 is 0. The molecule has 5 N–H and O–H groups in total. The summed E-state index contributed by atoms with van der Waals surface area (Å²) in [7, 11) is 0. The van der Waals surface area contributed by atoms with Crippen LogP contribution in [0, 0.1) is 6.92 Å². The molecule has 0 unspecified atom stereocenters. The molecule has 0 saturated carbocycles. The SMILES string of the molecule is Cc1cc(Oc2cccc(-c3cc(N)ccc3C(=O)O)n2)cc(-c2cccc(CN)c2)c1. The first-order valence-electron chi connectivity index (χ1n) is 10.1. The Morgan fingerprint density at radius 2 is 1.78 bits per heavy atom.